The van der Waals surface area contributed by atoms with Crippen LogP contribution in [0.5, 0.6) is 0 Å². The first kappa shape index (κ1) is 18.4. The molecule has 1 fully saturated rings. The number of hydrogen-bond acceptors (Lipinski definition) is 4. The van der Waals surface area contributed by atoms with E-state index in [4.69, 9.17) is 5.11 Å². The fourth-order valence-corrected chi connectivity index (χ4v) is 3.89. The number of sulfonamides is 1. The first-order chi connectivity index (χ1) is 11.2. The van der Waals surface area contributed by atoms with Crippen molar-refractivity contribution in [1.82, 2.24) is 9.62 Å². The molecule has 0 radical (unpaired) electrons. The summed E-state index contributed by atoms with van der Waals surface area (Å²) < 4.78 is 27.0. The highest BCUT2D eigenvalue weighted by molar-refractivity contribution is 7.89. The molecule has 2 rings (SSSR count). The number of likely N-dealkylation sites (tertiary alicyclic amines) is 1. The molecule has 1 heterocycles. The van der Waals surface area contributed by atoms with Crippen LogP contribution in [0.25, 0.3) is 0 Å². The Kier molecular flexibility index (Phi) is 5.61. The largest absolute Gasteiger partial charge is 0.481 e. The van der Waals surface area contributed by atoms with Gasteiger partial charge in [-0.15, -0.1) is 0 Å². The van der Waals surface area contributed by atoms with Gasteiger partial charge in [0.1, 0.15) is 0 Å². The highest BCUT2D eigenvalue weighted by atomic mass is 32.2. The second-order valence-electron chi connectivity index (χ2n) is 6.09. The first-order valence-corrected chi connectivity index (χ1v) is 9.29. The number of piperidine rings is 1. The average molecular weight is 354 g/mol. The molecular weight excluding hydrogens is 332 g/mol. The molecule has 1 aliphatic rings. The molecule has 1 aromatic carbocycles. The number of nitrogens with one attached hydrogen (secondary N) is 1. The van der Waals surface area contributed by atoms with E-state index in [0.29, 0.717) is 25.9 Å². The van der Waals surface area contributed by atoms with Gasteiger partial charge in [0.25, 0.3) is 0 Å². The smallest absolute Gasteiger partial charge is 0.306 e. The number of amides is 1. The number of carbonyl (C=O) groups excluding carboxylic acids is 1. The maximum atomic E-state index is 12.4. The minimum absolute atomic E-state index is 0.109. The van der Waals surface area contributed by atoms with Crippen molar-refractivity contribution < 1.29 is 23.1 Å². The van der Waals surface area contributed by atoms with Crippen molar-refractivity contribution in [2.75, 3.05) is 13.1 Å². The van der Waals surface area contributed by atoms with Crippen LogP contribution in [-0.2, 0) is 19.6 Å². The van der Waals surface area contributed by atoms with E-state index in [9.17, 15) is 18.0 Å². The van der Waals surface area contributed by atoms with Crippen molar-refractivity contribution in [2.24, 2.45) is 5.92 Å². The van der Waals surface area contributed by atoms with Gasteiger partial charge in [0.2, 0.25) is 15.9 Å². The van der Waals surface area contributed by atoms with E-state index >= 15 is 0 Å². The summed E-state index contributed by atoms with van der Waals surface area (Å²) in [6.45, 7) is 4.01. The van der Waals surface area contributed by atoms with E-state index in [0.717, 1.165) is 5.56 Å². The van der Waals surface area contributed by atoms with E-state index in [1.54, 1.807) is 12.1 Å². The molecular formula is C16H22N2O5S. The quantitative estimate of drug-likeness (QED) is 0.820. The summed E-state index contributed by atoms with van der Waals surface area (Å²) in [4.78, 5) is 25.0. The molecule has 8 heteroatoms. The second-order valence-corrected chi connectivity index (χ2v) is 7.81. The van der Waals surface area contributed by atoms with Gasteiger partial charge in [-0.2, -0.15) is 4.72 Å². The minimum Gasteiger partial charge on any atom is -0.481 e. The average Bonchev–Trinajstić information content (AvgIpc) is 2.54. The van der Waals surface area contributed by atoms with Crippen molar-refractivity contribution >= 4 is 21.9 Å². The van der Waals surface area contributed by atoms with Crippen LogP contribution in [0.4, 0.5) is 0 Å². The zero-order valence-electron chi connectivity index (χ0n) is 13.7. The maximum Gasteiger partial charge on any atom is 0.306 e. The van der Waals surface area contributed by atoms with Crippen molar-refractivity contribution in [3.05, 3.63) is 29.8 Å². The summed E-state index contributed by atoms with van der Waals surface area (Å²) in [7, 11) is -3.78. The Morgan fingerprint density at radius 2 is 1.75 bits per heavy atom. The van der Waals surface area contributed by atoms with Crippen molar-refractivity contribution in [1.29, 1.82) is 0 Å². The highest BCUT2D eigenvalue weighted by Gasteiger charge is 2.30. The van der Waals surface area contributed by atoms with E-state index in [1.165, 1.54) is 24.0 Å². The van der Waals surface area contributed by atoms with Gasteiger partial charge in [-0.3, -0.25) is 9.59 Å². The zero-order chi connectivity index (χ0) is 17.9. The summed E-state index contributed by atoms with van der Waals surface area (Å²) in [5, 5.41) is 8.98. The number of aryl methyl sites for hydroxylation is 1. The molecule has 132 valence electrons. The summed E-state index contributed by atoms with van der Waals surface area (Å²) in [6, 6.07) is 5.47. The van der Waals surface area contributed by atoms with Crippen LogP contribution in [0.15, 0.2) is 29.2 Å². The highest BCUT2D eigenvalue weighted by Crippen LogP contribution is 2.18. The molecule has 1 saturated heterocycles. The van der Waals surface area contributed by atoms with Crippen LogP contribution in [0.2, 0.25) is 0 Å². The summed E-state index contributed by atoms with van der Waals surface area (Å²) in [6.07, 6.45) is 0.775. The summed E-state index contributed by atoms with van der Waals surface area (Å²) >= 11 is 0. The lowest BCUT2D eigenvalue weighted by Crippen LogP contribution is -2.49. The predicted octanol–water partition coefficient (Wildman–Crippen LogP) is 0.985. The Morgan fingerprint density at radius 1 is 1.21 bits per heavy atom. The van der Waals surface area contributed by atoms with Crippen molar-refractivity contribution in [3.63, 3.8) is 0 Å². The van der Waals surface area contributed by atoms with Crippen LogP contribution in [0, 0.1) is 12.8 Å². The van der Waals surface area contributed by atoms with Gasteiger partial charge in [0, 0.05) is 13.1 Å². The molecule has 1 atom stereocenters. The first-order valence-electron chi connectivity index (χ1n) is 7.81. The fraction of sp³-hybridized carbons (Fsp3) is 0.500. The third-order valence-electron chi connectivity index (χ3n) is 4.19. The number of carboxylic acid groups (broad SMARTS) is 1. The monoisotopic (exact) mass is 354 g/mol. The van der Waals surface area contributed by atoms with E-state index in [-0.39, 0.29) is 10.8 Å². The summed E-state index contributed by atoms with van der Waals surface area (Å²) in [5.74, 6) is -1.63. The van der Waals surface area contributed by atoms with Crippen LogP contribution in [0.1, 0.15) is 25.3 Å². The number of hydrogen-bond donors (Lipinski definition) is 2. The van der Waals surface area contributed by atoms with Gasteiger partial charge in [-0.05, 0) is 38.8 Å². The molecule has 0 saturated carbocycles. The molecule has 1 aliphatic heterocycles. The van der Waals surface area contributed by atoms with Crippen LogP contribution in [0.3, 0.4) is 0 Å². The van der Waals surface area contributed by atoms with E-state index in [1.807, 2.05) is 6.92 Å². The molecule has 0 aromatic heterocycles. The molecule has 0 aliphatic carbocycles. The third-order valence-corrected chi connectivity index (χ3v) is 5.75. The molecule has 0 unspecified atom stereocenters. The Labute approximate surface area is 141 Å². The number of carboxylic acids is 1. The number of rotatable bonds is 5. The lowest BCUT2D eigenvalue weighted by Gasteiger charge is -2.32. The predicted molar refractivity (Wildman–Crippen MR) is 87.9 cm³/mol. The Hall–Kier alpha value is -1.93. The minimum atomic E-state index is -3.78. The number of benzene rings is 1. The molecule has 24 heavy (non-hydrogen) atoms. The van der Waals surface area contributed by atoms with Gasteiger partial charge >= 0.3 is 5.97 Å². The molecule has 7 nitrogen and oxygen atoms in total. The molecule has 0 spiro atoms. The number of carbonyl (C=O) groups is 2. The van der Waals surface area contributed by atoms with Crippen molar-refractivity contribution in [2.45, 2.75) is 37.6 Å². The lowest BCUT2D eigenvalue weighted by molar-refractivity contribution is -0.146. The fourth-order valence-electron chi connectivity index (χ4n) is 2.69. The SMILES string of the molecule is Cc1ccc(S(=O)(=O)N[C@@H](C)C(=O)N2CCC(C(=O)O)CC2)cc1. The molecule has 0 bridgehead atoms. The number of nitrogens with zero attached hydrogens (tertiary/aromatic N) is 1. The number of aliphatic carboxylic acids is 1. The molecule has 1 amide bonds. The maximum absolute atomic E-state index is 12.4. The van der Waals surface area contributed by atoms with Gasteiger partial charge in [-0.25, -0.2) is 8.42 Å². The third kappa shape index (κ3) is 4.33. The van der Waals surface area contributed by atoms with Gasteiger partial charge in [0.05, 0.1) is 16.9 Å². The Bertz CT molecular complexity index is 706. The Morgan fingerprint density at radius 3 is 2.25 bits per heavy atom. The standard InChI is InChI=1S/C16H22N2O5S/c1-11-3-5-14(6-4-11)24(22,23)17-12(2)15(19)18-9-7-13(8-10-18)16(20)21/h3-6,12-13,17H,7-10H2,1-2H3,(H,20,21)/t12-/m0/s1. The van der Waals surface area contributed by atoms with Gasteiger partial charge in [0.15, 0.2) is 0 Å². The van der Waals surface area contributed by atoms with Gasteiger partial charge in [-0.1, -0.05) is 17.7 Å². The topological polar surface area (TPSA) is 104 Å². The van der Waals surface area contributed by atoms with Crippen LogP contribution in [-0.4, -0.2) is 49.4 Å². The second kappa shape index (κ2) is 7.31. The van der Waals surface area contributed by atoms with Crippen LogP contribution < -0.4 is 4.72 Å². The Balaban J connectivity index is 1.99. The van der Waals surface area contributed by atoms with E-state index in [2.05, 4.69) is 4.72 Å². The zero-order valence-corrected chi connectivity index (χ0v) is 14.5. The molecule has 1 aromatic rings. The molecule has 2 N–H and O–H groups in total. The van der Waals surface area contributed by atoms with Gasteiger partial charge < -0.3 is 10.0 Å². The lowest BCUT2D eigenvalue weighted by atomic mass is 9.97. The van der Waals surface area contributed by atoms with Crippen molar-refractivity contribution in [3.8, 4) is 0 Å². The van der Waals surface area contributed by atoms with E-state index < -0.39 is 28.0 Å². The normalized spacial score (nSPS) is 17.5. The summed E-state index contributed by atoms with van der Waals surface area (Å²) in [5.41, 5.74) is 0.944. The van der Waals surface area contributed by atoms with Crippen LogP contribution >= 0.6 is 0 Å².